The third-order valence-corrected chi connectivity index (χ3v) is 2.62. The zero-order valence-corrected chi connectivity index (χ0v) is 9.33. The van der Waals surface area contributed by atoms with Crippen LogP contribution >= 0.6 is 0 Å². The van der Waals surface area contributed by atoms with E-state index in [1.165, 1.54) is 6.07 Å². The topological polar surface area (TPSA) is 92.9 Å². The second-order valence-electron chi connectivity index (χ2n) is 3.66. The molecule has 0 fully saturated rings. The number of nitrogens with two attached hydrogens (primary N) is 1. The van der Waals surface area contributed by atoms with Gasteiger partial charge in [0.15, 0.2) is 0 Å². The largest absolute Gasteiger partial charge is 0.392 e. The van der Waals surface area contributed by atoms with Crippen molar-refractivity contribution >= 4 is 11.4 Å². The van der Waals surface area contributed by atoms with Crippen molar-refractivity contribution in [3.05, 3.63) is 58.1 Å². The van der Waals surface area contributed by atoms with Gasteiger partial charge in [-0.3, -0.25) is 10.1 Å². The van der Waals surface area contributed by atoms with E-state index in [-0.39, 0.29) is 16.9 Å². The minimum Gasteiger partial charge on any atom is -0.392 e. The Morgan fingerprint density at radius 2 is 1.83 bits per heavy atom. The number of rotatable bonds is 2. The van der Waals surface area contributed by atoms with E-state index >= 15 is 0 Å². The Morgan fingerprint density at radius 3 is 2.39 bits per heavy atom. The van der Waals surface area contributed by atoms with Crippen LogP contribution in [0.3, 0.4) is 0 Å². The number of benzene rings is 2. The summed E-state index contributed by atoms with van der Waals surface area (Å²) in [5.74, 6) is 0. The Bertz CT molecular complexity index is 645. The molecule has 0 aromatic heterocycles. The highest BCUT2D eigenvalue weighted by Gasteiger charge is 2.18. The van der Waals surface area contributed by atoms with E-state index in [0.29, 0.717) is 5.56 Å². The van der Waals surface area contributed by atoms with Gasteiger partial charge in [-0.15, -0.1) is 0 Å². The van der Waals surface area contributed by atoms with Crippen LogP contribution in [0.4, 0.5) is 11.4 Å². The molecule has 5 heteroatoms. The van der Waals surface area contributed by atoms with Crippen LogP contribution in [-0.2, 0) is 0 Å². The fourth-order valence-electron chi connectivity index (χ4n) is 1.75. The van der Waals surface area contributed by atoms with E-state index in [1.54, 1.807) is 6.07 Å². The van der Waals surface area contributed by atoms with Crippen LogP contribution in [-0.4, -0.2) is 4.92 Å². The van der Waals surface area contributed by atoms with Crippen LogP contribution in [0.5, 0.6) is 0 Å². The van der Waals surface area contributed by atoms with Gasteiger partial charge >= 0.3 is 0 Å². The Balaban J connectivity index is 2.69. The highest BCUT2D eigenvalue weighted by atomic mass is 16.6. The van der Waals surface area contributed by atoms with Crippen LogP contribution in [0, 0.1) is 21.4 Å². The summed E-state index contributed by atoms with van der Waals surface area (Å²) >= 11 is 0. The van der Waals surface area contributed by atoms with E-state index < -0.39 is 4.92 Å². The van der Waals surface area contributed by atoms with Crippen LogP contribution in [0.1, 0.15) is 5.56 Å². The summed E-state index contributed by atoms with van der Waals surface area (Å²) in [6, 6.07) is 13.9. The molecule has 2 N–H and O–H groups in total. The number of hydrogen-bond acceptors (Lipinski definition) is 4. The van der Waals surface area contributed by atoms with Gasteiger partial charge in [-0.25, -0.2) is 0 Å². The third-order valence-electron chi connectivity index (χ3n) is 2.62. The Hall–Kier alpha value is -2.87. The van der Waals surface area contributed by atoms with Gasteiger partial charge in [0.25, 0.3) is 5.69 Å². The van der Waals surface area contributed by atoms with Gasteiger partial charge in [-0.05, 0) is 11.6 Å². The van der Waals surface area contributed by atoms with E-state index in [2.05, 4.69) is 0 Å². The number of nitro benzene ring substituents is 1. The smallest absolute Gasteiger partial charge is 0.293 e. The maximum atomic E-state index is 10.8. The van der Waals surface area contributed by atoms with E-state index in [4.69, 9.17) is 11.0 Å². The highest BCUT2D eigenvalue weighted by Crippen LogP contribution is 2.33. The molecule has 88 valence electrons. The van der Waals surface area contributed by atoms with Crippen molar-refractivity contribution in [2.75, 3.05) is 5.73 Å². The summed E-state index contributed by atoms with van der Waals surface area (Å²) in [6.07, 6.45) is 0. The molecule has 0 heterocycles. The molecule has 0 unspecified atom stereocenters. The van der Waals surface area contributed by atoms with Gasteiger partial charge in [0.2, 0.25) is 0 Å². The SMILES string of the molecule is N#Cc1c(-c2ccccc2)ccc([N+](=O)[O-])c1N. The van der Waals surface area contributed by atoms with Crippen molar-refractivity contribution in [1.82, 2.24) is 0 Å². The predicted octanol–water partition coefficient (Wildman–Crippen LogP) is 2.72. The number of nitro groups is 1. The first kappa shape index (κ1) is 11.6. The van der Waals surface area contributed by atoms with Gasteiger partial charge < -0.3 is 5.73 Å². The van der Waals surface area contributed by atoms with Crippen molar-refractivity contribution in [3.63, 3.8) is 0 Å². The van der Waals surface area contributed by atoms with Gasteiger partial charge in [-0.2, -0.15) is 5.26 Å². The lowest BCUT2D eigenvalue weighted by atomic mass is 9.98. The first-order valence-corrected chi connectivity index (χ1v) is 5.17. The fourth-order valence-corrected chi connectivity index (χ4v) is 1.75. The maximum Gasteiger partial charge on any atom is 0.293 e. The quantitative estimate of drug-likeness (QED) is 0.495. The molecular formula is C13H9N3O2. The minimum absolute atomic E-state index is 0.0937. The molecule has 0 saturated carbocycles. The second kappa shape index (κ2) is 4.55. The molecule has 18 heavy (non-hydrogen) atoms. The Kier molecular flexibility index (Phi) is 2.94. The Morgan fingerprint density at radius 1 is 1.17 bits per heavy atom. The predicted molar refractivity (Wildman–Crippen MR) is 67.7 cm³/mol. The summed E-state index contributed by atoms with van der Waals surface area (Å²) in [5, 5.41) is 19.9. The summed E-state index contributed by atoms with van der Waals surface area (Å²) in [7, 11) is 0. The average molecular weight is 239 g/mol. The van der Waals surface area contributed by atoms with Crippen LogP contribution in [0.25, 0.3) is 11.1 Å². The summed E-state index contributed by atoms with van der Waals surface area (Å²) in [5.41, 5.74) is 6.87. The summed E-state index contributed by atoms with van der Waals surface area (Å²) in [4.78, 5) is 10.2. The molecule has 0 atom stereocenters. The molecule has 0 amide bonds. The van der Waals surface area contributed by atoms with Crippen molar-refractivity contribution in [2.24, 2.45) is 0 Å². The van der Waals surface area contributed by atoms with E-state index in [0.717, 1.165) is 5.56 Å². The lowest BCUT2D eigenvalue weighted by Gasteiger charge is -2.06. The lowest BCUT2D eigenvalue weighted by Crippen LogP contribution is -2.00. The number of nitriles is 1. The van der Waals surface area contributed by atoms with Gasteiger partial charge in [0.1, 0.15) is 11.8 Å². The molecule has 2 rings (SSSR count). The van der Waals surface area contributed by atoms with Crippen LogP contribution in [0.15, 0.2) is 42.5 Å². The normalized spacial score (nSPS) is 9.72. The first-order valence-electron chi connectivity index (χ1n) is 5.17. The molecule has 0 aliphatic heterocycles. The molecule has 0 saturated heterocycles. The van der Waals surface area contributed by atoms with E-state index in [1.807, 2.05) is 36.4 Å². The lowest BCUT2D eigenvalue weighted by molar-refractivity contribution is -0.383. The number of nitrogen functional groups attached to an aromatic ring is 1. The number of anilines is 1. The molecule has 0 aliphatic rings. The van der Waals surface area contributed by atoms with Crippen molar-refractivity contribution < 1.29 is 4.92 Å². The molecule has 0 bridgehead atoms. The van der Waals surface area contributed by atoms with Gasteiger partial charge in [0, 0.05) is 11.6 Å². The maximum absolute atomic E-state index is 10.8. The van der Waals surface area contributed by atoms with Crippen molar-refractivity contribution in [1.29, 1.82) is 5.26 Å². The molecule has 0 aliphatic carbocycles. The zero-order chi connectivity index (χ0) is 13.1. The van der Waals surface area contributed by atoms with Gasteiger partial charge in [0.05, 0.1) is 10.5 Å². The standard InChI is InChI=1S/C13H9N3O2/c14-8-11-10(9-4-2-1-3-5-9)6-7-12(13(11)15)16(17)18/h1-7H,15H2. The molecule has 2 aromatic carbocycles. The van der Waals surface area contributed by atoms with E-state index in [9.17, 15) is 10.1 Å². The summed E-state index contributed by atoms with van der Waals surface area (Å²) < 4.78 is 0. The second-order valence-corrected chi connectivity index (χ2v) is 3.66. The van der Waals surface area contributed by atoms with Crippen molar-refractivity contribution in [2.45, 2.75) is 0 Å². The fraction of sp³-hybridized carbons (Fsp3) is 0. The number of nitrogens with zero attached hydrogens (tertiary/aromatic N) is 2. The monoisotopic (exact) mass is 239 g/mol. The molecule has 0 spiro atoms. The van der Waals surface area contributed by atoms with Crippen LogP contribution in [0.2, 0.25) is 0 Å². The minimum atomic E-state index is -0.592. The summed E-state index contributed by atoms with van der Waals surface area (Å²) in [6.45, 7) is 0. The van der Waals surface area contributed by atoms with Crippen molar-refractivity contribution in [3.8, 4) is 17.2 Å². The molecule has 5 nitrogen and oxygen atoms in total. The van der Waals surface area contributed by atoms with Gasteiger partial charge in [-0.1, -0.05) is 30.3 Å². The highest BCUT2D eigenvalue weighted by molar-refractivity contribution is 5.81. The average Bonchev–Trinajstić information content (AvgIpc) is 2.39. The van der Waals surface area contributed by atoms with Crippen LogP contribution < -0.4 is 5.73 Å². The first-order chi connectivity index (χ1) is 8.65. The third kappa shape index (κ3) is 1.87. The zero-order valence-electron chi connectivity index (χ0n) is 9.33. The number of hydrogen-bond donors (Lipinski definition) is 1. The molecular weight excluding hydrogens is 230 g/mol. The Labute approximate surface area is 103 Å². The molecule has 2 aromatic rings. The molecule has 0 radical (unpaired) electrons.